The molecule has 0 aliphatic carbocycles. The molecule has 0 unspecified atom stereocenters. The molecule has 0 aromatic heterocycles. The van der Waals surface area contributed by atoms with Crippen LogP contribution in [0.1, 0.15) is 13.8 Å². The molecule has 0 rings (SSSR count). The third-order valence-electron chi connectivity index (χ3n) is 0.900. The molecule has 0 heterocycles. The molecule has 0 aliphatic rings. The van der Waals surface area contributed by atoms with E-state index in [2.05, 4.69) is 0 Å². The van der Waals surface area contributed by atoms with Crippen molar-refractivity contribution in [3.63, 3.8) is 0 Å². The molecular formula is C8H14O. The SMILES string of the molecule is CC=CCOC/C=C/C. The van der Waals surface area contributed by atoms with Gasteiger partial charge >= 0.3 is 0 Å². The molecule has 0 bridgehead atoms. The van der Waals surface area contributed by atoms with Crippen LogP contribution in [0.2, 0.25) is 0 Å². The molecular weight excluding hydrogens is 112 g/mol. The summed E-state index contributed by atoms with van der Waals surface area (Å²) in [4.78, 5) is 0. The first kappa shape index (κ1) is 8.44. The lowest BCUT2D eigenvalue weighted by atomic mass is 10.5. The van der Waals surface area contributed by atoms with E-state index in [-0.39, 0.29) is 0 Å². The summed E-state index contributed by atoms with van der Waals surface area (Å²) in [5.74, 6) is 0. The summed E-state index contributed by atoms with van der Waals surface area (Å²) in [6.45, 7) is 5.42. The van der Waals surface area contributed by atoms with Gasteiger partial charge < -0.3 is 4.74 Å². The second-order valence-electron chi connectivity index (χ2n) is 1.68. The largest absolute Gasteiger partial charge is 0.373 e. The van der Waals surface area contributed by atoms with E-state index in [1.165, 1.54) is 0 Å². The van der Waals surface area contributed by atoms with Crippen LogP contribution in [-0.2, 0) is 4.74 Å². The number of hydrogen-bond acceptors (Lipinski definition) is 1. The fraction of sp³-hybridized carbons (Fsp3) is 0.500. The van der Waals surface area contributed by atoms with E-state index in [1.54, 1.807) is 0 Å². The summed E-state index contributed by atoms with van der Waals surface area (Å²) in [7, 11) is 0. The Bertz CT molecular complexity index is 80.7. The smallest absolute Gasteiger partial charge is 0.0651 e. The lowest BCUT2D eigenvalue weighted by Gasteiger charge is -1.91. The van der Waals surface area contributed by atoms with Crippen molar-refractivity contribution in [3.8, 4) is 0 Å². The van der Waals surface area contributed by atoms with Crippen molar-refractivity contribution in [2.24, 2.45) is 0 Å². The molecule has 1 heteroatoms. The third-order valence-corrected chi connectivity index (χ3v) is 0.900. The molecule has 0 aliphatic heterocycles. The Hall–Kier alpha value is -0.560. The van der Waals surface area contributed by atoms with Crippen LogP contribution in [0.4, 0.5) is 0 Å². The topological polar surface area (TPSA) is 9.23 Å². The zero-order chi connectivity index (χ0) is 6.95. The Morgan fingerprint density at radius 2 is 1.44 bits per heavy atom. The molecule has 0 aromatic carbocycles. The standard InChI is InChI=1S/C8H14O/c1-3-5-7-9-8-6-4-2/h3-6H,7-8H2,1-2H3/b5-3+,6-4?. The van der Waals surface area contributed by atoms with E-state index in [1.807, 2.05) is 38.2 Å². The highest BCUT2D eigenvalue weighted by molar-refractivity contribution is 4.79. The van der Waals surface area contributed by atoms with Gasteiger partial charge in [0.1, 0.15) is 0 Å². The van der Waals surface area contributed by atoms with Crippen molar-refractivity contribution >= 4 is 0 Å². The molecule has 9 heavy (non-hydrogen) atoms. The van der Waals surface area contributed by atoms with Gasteiger partial charge in [-0.05, 0) is 13.8 Å². The summed E-state index contributed by atoms with van der Waals surface area (Å²) in [6, 6.07) is 0. The predicted octanol–water partition coefficient (Wildman–Crippen LogP) is 2.16. The quantitative estimate of drug-likeness (QED) is 0.414. The van der Waals surface area contributed by atoms with Crippen LogP contribution in [0, 0.1) is 0 Å². The first-order chi connectivity index (χ1) is 4.41. The van der Waals surface area contributed by atoms with E-state index in [4.69, 9.17) is 4.74 Å². The Morgan fingerprint density at radius 3 is 1.78 bits per heavy atom. The van der Waals surface area contributed by atoms with Crippen molar-refractivity contribution in [2.75, 3.05) is 13.2 Å². The molecule has 0 saturated carbocycles. The van der Waals surface area contributed by atoms with Gasteiger partial charge in [-0.15, -0.1) is 0 Å². The second-order valence-corrected chi connectivity index (χ2v) is 1.68. The fourth-order valence-electron chi connectivity index (χ4n) is 0.397. The van der Waals surface area contributed by atoms with Crippen LogP contribution in [0.25, 0.3) is 0 Å². The van der Waals surface area contributed by atoms with Gasteiger partial charge in [0.15, 0.2) is 0 Å². The fourth-order valence-corrected chi connectivity index (χ4v) is 0.397. The van der Waals surface area contributed by atoms with Crippen LogP contribution < -0.4 is 0 Å². The molecule has 0 fully saturated rings. The maximum absolute atomic E-state index is 5.14. The number of hydrogen-bond donors (Lipinski definition) is 0. The molecule has 0 radical (unpaired) electrons. The van der Waals surface area contributed by atoms with E-state index >= 15 is 0 Å². The highest BCUT2D eigenvalue weighted by Gasteiger charge is 1.74. The monoisotopic (exact) mass is 126 g/mol. The predicted molar refractivity (Wildman–Crippen MR) is 40.4 cm³/mol. The van der Waals surface area contributed by atoms with Crippen molar-refractivity contribution in [1.29, 1.82) is 0 Å². The Labute approximate surface area is 57.0 Å². The number of rotatable bonds is 4. The minimum absolute atomic E-state index is 0.723. The molecule has 0 amide bonds. The lowest BCUT2D eigenvalue weighted by Crippen LogP contribution is -1.89. The van der Waals surface area contributed by atoms with Gasteiger partial charge in [-0.2, -0.15) is 0 Å². The Kier molecular flexibility index (Phi) is 6.98. The van der Waals surface area contributed by atoms with E-state index in [0.29, 0.717) is 0 Å². The maximum atomic E-state index is 5.14. The summed E-state index contributed by atoms with van der Waals surface area (Å²) in [5, 5.41) is 0. The zero-order valence-corrected chi connectivity index (χ0v) is 6.13. The molecule has 0 aromatic rings. The average molecular weight is 126 g/mol. The summed E-state index contributed by atoms with van der Waals surface area (Å²) in [5.41, 5.74) is 0. The molecule has 0 saturated heterocycles. The first-order valence-corrected chi connectivity index (χ1v) is 3.22. The van der Waals surface area contributed by atoms with Crippen LogP contribution in [0.15, 0.2) is 24.3 Å². The van der Waals surface area contributed by atoms with Crippen LogP contribution in [0.3, 0.4) is 0 Å². The van der Waals surface area contributed by atoms with Crippen LogP contribution in [0.5, 0.6) is 0 Å². The average Bonchev–Trinajstić information content (AvgIpc) is 1.89. The van der Waals surface area contributed by atoms with Crippen molar-refractivity contribution in [1.82, 2.24) is 0 Å². The minimum atomic E-state index is 0.723. The number of ether oxygens (including phenoxy) is 1. The van der Waals surface area contributed by atoms with Gasteiger partial charge in [0.2, 0.25) is 0 Å². The minimum Gasteiger partial charge on any atom is -0.373 e. The second kappa shape index (κ2) is 7.44. The van der Waals surface area contributed by atoms with Crippen molar-refractivity contribution in [2.45, 2.75) is 13.8 Å². The van der Waals surface area contributed by atoms with Crippen LogP contribution in [-0.4, -0.2) is 13.2 Å². The Morgan fingerprint density at radius 1 is 1.00 bits per heavy atom. The highest BCUT2D eigenvalue weighted by atomic mass is 16.5. The van der Waals surface area contributed by atoms with Gasteiger partial charge in [0, 0.05) is 0 Å². The van der Waals surface area contributed by atoms with E-state index in [0.717, 1.165) is 13.2 Å². The number of allylic oxidation sites excluding steroid dienone is 2. The van der Waals surface area contributed by atoms with Crippen molar-refractivity contribution < 1.29 is 4.74 Å². The zero-order valence-electron chi connectivity index (χ0n) is 6.13. The van der Waals surface area contributed by atoms with Gasteiger partial charge in [-0.3, -0.25) is 0 Å². The molecule has 52 valence electrons. The van der Waals surface area contributed by atoms with E-state index < -0.39 is 0 Å². The van der Waals surface area contributed by atoms with Crippen LogP contribution >= 0.6 is 0 Å². The summed E-state index contributed by atoms with van der Waals surface area (Å²) in [6.07, 6.45) is 7.94. The summed E-state index contributed by atoms with van der Waals surface area (Å²) < 4.78 is 5.14. The van der Waals surface area contributed by atoms with Gasteiger partial charge in [0.05, 0.1) is 13.2 Å². The molecule has 0 N–H and O–H groups in total. The lowest BCUT2D eigenvalue weighted by molar-refractivity contribution is 0.194. The van der Waals surface area contributed by atoms with Crippen molar-refractivity contribution in [3.05, 3.63) is 24.3 Å². The molecule has 1 nitrogen and oxygen atoms in total. The van der Waals surface area contributed by atoms with Gasteiger partial charge in [-0.25, -0.2) is 0 Å². The Balaban J connectivity index is 2.91. The summed E-state index contributed by atoms with van der Waals surface area (Å²) >= 11 is 0. The molecule has 0 spiro atoms. The third kappa shape index (κ3) is 7.44. The maximum Gasteiger partial charge on any atom is 0.0651 e. The normalized spacial score (nSPS) is 11.8. The van der Waals surface area contributed by atoms with E-state index in [9.17, 15) is 0 Å². The first-order valence-electron chi connectivity index (χ1n) is 3.22. The molecule has 0 atom stereocenters. The highest BCUT2D eigenvalue weighted by Crippen LogP contribution is 1.78. The van der Waals surface area contributed by atoms with Gasteiger partial charge in [0.25, 0.3) is 0 Å². The van der Waals surface area contributed by atoms with Gasteiger partial charge in [-0.1, -0.05) is 24.3 Å².